The number of Topliss-reactive ketones (excluding diaryl/α,β-unsaturated/α-hetero) is 1. The molecule has 0 heterocycles. The Hall–Kier alpha value is -2.47. The molecule has 1 aliphatic carbocycles. The van der Waals surface area contributed by atoms with Crippen LogP contribution in [0.3, 0.4) is 0 Å². The Bertz CT molecular complexity index is 676. The van der Waals surface area contributed by atoms with Gasteiger partial charge in [-0.25, -0.2) is 0 Å². The molecule has 6 heteroatoms. The van der Waals surface area contributed by atoms with Crippen LogP contribution < -0.4 is 0 Å². The van der Waals surface area contributed by atoms with Gasteiger partial charge in [-0.05, 0) is 12.5 Å². The quantitative estimate of drug-likeness (QED) is 0.658. The van der Waals surface area contributed by atoms with E-state index in [1.54, 1.807) is 12.2 Å². The van der Waals surface area contributed by atoms with Gasteiger partial charge in [-0.1, -0.05) is 42.5 Å². The maximum atomic E-state index is 12.4. The summed E-state index contributed by atoms with van der Waals surface area (Å²) in [4.78, 5) is 36.9. The fourth-order valence-electron chi connectivity index (χ4n) is 3.36. The molecule has 1 N–H and O–H groups in total. The lowest BCUT2D eigenvalue weighted by atomic mass is 9.63. The minimum Gasteiger partial charge on any atom is -0.469 e. The van der Waals surface area contributed by atoms with Gasteiger partial charge in [0.2, 0.25) is 0 Å². The van der Waals surface area contributed by atoms with Crippen molar-refractivity contribution in [3.8, 4) is 0 Å². The second kappa shape index (κ2) is 7.61. The summed E-state index contributed by atoms with van der Waals surface area (Å²) in [6.07, 6.45) is 3.00. The lowest BCUT2D eigenvalue weighted by Crippen LogP contribution is -2.55. The van der Waals surface area contributed by atoms with Gasteiger partial charge in [0.25, 0.3) is 0 Å². The summed E-state index contributed by atoms with van der Waals surface area (Å²) in [7, 11) is 2.40. The van der Waals surface area contributed by atoms with Crippen LogP contribution in [0.5, 0.6) is 0 Å². The van der Waals surface area contributed by atoms with E-state index in [1.165, 1.54) is 21.1 Å². The predicted molar refractivity (Wildman–Crippen MR) is 90.2 cm³/mol. The van der Waals surface area contributed by atoms with E-state index in [-0.39, 0.29) is 6.42 Å². The number of carbonyl (C=O) groups is 3. The lowest BCUT2D eigenvalue weighted by molar-refractivity contribution is -0.172. The van der Waals surface area contributed by atoms with Crippen molar-refractivity contribution in [3.05, 3.63) is 42.0 Å². The molecule has 0 saturated heterocycles. The molecule has 0 amide bonds. The van der Waals surface area contributed by atoms with Crippen LogP contribution in [-0.4, -0.2) is 42.6 Å². The van der Waals surface area contributed by atoms with Gasteiger partial charge in [-0.15, -0.1) is 0 Å². The standard InChI is InChI=1S/C19H22O6/c1-19(23)11-14(20)15(17(21)24-2)13(16(19)18(22)25-3)10-9-12-7-5-4-6-8-12/h4-10,13,15-16,23H,11H2,1-3H3/b10-9+/t13-,15-,16+,19-/m0/s1. The van der Waals surface area contributed by atoms with Crippen molar-refractivity contribution >= 4 is 23.8 Å². The van der Waals surface area contributed by atoms with Crippen molar-refractivity contribution < 1.29 is 29.0 Å². The van der Waals surface area contributed by atoms with E-state index in [4.69, 9.17) is 9.47 Å². The number of hydrogen-bond acceptors (Lipinski definition) is 6. The highest BCUT2D eigenvalue weighted by molar-refractivity contribution is 6.02. The second-order valence-electron chi connectivity index (χ2n) is 6.35. The third kappa shape index (κ3) is 3.96. The predicted octanol–water partition coefficient (Wildman–Crippen LogP) is 1.62. The van der Waals surface area contributed by atoms with Crippen molar-refractivity contribution in [2.75, 3.05) is 14.2 Å². The fourth-order valence-corrected chi connectivity index (χ4v) is 3.36. The maximum absolute atomic E-state index is 12.4. The van der Waals surface area contributed by atoms with E-state index in [2.05, 4.69) is 0 Å². The van der Waals surface area contributed by atoms with Gasteiger partial charge in [0.05, 0.1) is 25.7 Å². The van der Waals surface area contributed by atoms with Crippen molar-refractivity contribution in [2.24, 2.45) is 17.8 Å². The molecule has 1 aromatic carbocycles. The minimum absolute atomic E-state index is 0.317. The summed E-state index contributed by atoms with van der Waals surface area (Å²) in [5.74, 6) is -4.93. The molecule has 0 bridgehead atoms. The SMILES string of the molecule is COC(=O)[C@@H]1C(=O)C[C@](C)(O)[C@@H](C(=O)OC)[C@H]1/C=C/c1ccccc1. The van der Waals surface area contributed by atoms with Gasteiger partial charge in [-0.2, -0.15) is 0 Å². The van der Waals surface area contributed by atoms with Crippen LogP contribution in [-0.2, 0) is 23.9 Å². The van der Waals surface area contributed by atoms with Crippen LogP contribution in [0.15, 0.2) is 36.4 Å². The van der Waals surface area contributed by atoms with Crippen LogP contribution in [0, 0.1) is 17.8 Å². The Kier molecular flexibility index (Phi) is 5.74. The zero-order valence-corrected chi connectivity index (χ0v) is 14.5. The average molecular weight is 346 g/mol. The van der Waals surface area contributed by atoms with Crippen LogP contribution in [0.1, 0.15) is 18.9 Å². The molecule has 0 aliphatic heterocycles. The molecule has 1 saturated carbocycles. The third-order valence-electron chi connectivity index (χ3n) is 4.54. The number of methoxy groups -OCH3 is 2. The summed E-state index contributed by atoms with van der Waals surface area (Å²) in [6.45, 7) is 1.41. The average Bonchev–Trinajstić information content (AvgIpc) is 2.58. The van der Waals surface area contributed by atoms with Crippen molar-refractivity contribution in [3.63, 3.8) is 0 Å². The highest BCUT2D eigenvalue weighted by Crippen LogP contribution is 2.42. The summed E-state index contributed by atoms with van der Waals surface area (Å²) in [6, 6.07) is 9.24. The van der Waals surface area contributed by atoms with Crippen LogP contribution in [0.2, 0.25) is 0 Å². The summed E-state index contributed by atoms with van der Waals surface area (Å²) in [5.41, 5.74) is -0.771. The first-order valence-electron chi connectivity index (χ1n) is 7.96. The van der Waals surface area contributed by atoms with Crippen molar-refractivity contribution in [1.29, 1.82) is 0 Å². The molecular formula is C19H22O6. The molecule has 2 rings (SSSR count). The number of aliphatic hydroxyl groups is 1. The molecule has 1 aromatic rings. The summed E-state index contributed by atoms with van der Waals surface area (Å²) >= 11 is 0. The molecule has 134 valence electrons. The Labute approximate surface area is 146 Å². The van der Waals surface area contributed by atoms with Crippen LogP contribution >= 0.6 is 0 Å². The lowest BCUT2D eigenvalue weighted by Gasteiger charge is -2.42. The minimum atomic E-state index is -1.61. The molecule has 25 heavy (non-hydrogen) atoms. The van der Waals surface area contributed by atoms with Crippen LogP contribution in [0.25, 0.3) is 6.08 Å². The monoisotopic (exact) mass is 346 g/mol. The smallest absolute Gasteiger partial charge is 0.316 e. The molecule has 0 unspecified atom stereocenters. The topological polar surface area (TPSA) is 89.9 Å². The number of rotatable bonds is 4. The zero-order valence-electron chi connectivity index (χ0n) is 14.5. The number of ether oxygens (including phenoxy) is 2. The molecular weight excluding hydrogens is 324 g/mol. The van der Waals surface area contributed by atoms with E-state index < -0.39 is 41.1 Å². The van der Waals surface area contributed by atoms with E-state index in [1.807, 2.05) is 30.3 Å². The molecule has 6 nitrogen and oxygen atoms in total. The zero-order chi connectivity index (χ0) is 18.6. The number of allylic oxidation sites excluding steroid dienone is 1. The number of benzene rings is 1. The van der Waals surface area contributed by atoms with Gasteiger partial charge >= 0.3 is 11.9 Å². The van der Waals surface area contributed by atoms with Crippen molar-refractivity contribution in [1.82, 2.24) is 0 Å². The highest BCUT2D eigenvalue weighted by Gasteiger charge is 2.55. The molecule has 1 aliphatic rings. The first-order valence-corrected chi connectivity index (χ1v) is 7.96. The van der Waals surface area contributed by atoms with Gasteiger partial charge < -0.3 is 14.6 Å². The van der Waals surface area contributed by atoms with Gasteiger partial charge in [0, 0.05) is 12.3 Å². The van der Waals surface area contributed by atoms with Gasteiger partial charge in [0.15, 0.2) is 5.78 Å². The normalized spacial score (nSPS) is 29.4. The Morgan fingerprint density at radius 1 is 1.16 bits per heavy atom. The van der Waals surface area contributed by atoms with E-state index in [9.17, 15) is 19.5 Å². The fraction of sp³-hybridized carbons (Fsp3) is 0.421. The molecule has 0 spiro atoms. The third-order valence-corrected chi connectivity index (χ3v) is 4.54. The Balaban J connectivity index is 2.49. The Morgan fingerprint density at radius 2 is 1.76 bits per heavy atom. The molecule has 1 fully saturated rings. The van der Waals surface area contributed by atoms with E-state index >= 15 is 0 Å². The van der Waals surface area contributed by atoms with Crippen LogP contribution in [0.4, 0.5) is 0 Å². The number of ketones is 1. The number of hydrogen-bond donors (Lipinski definition) is 1. The number of esters is 2. The van der Waals surface area contributed by atoms with Gasteiger partial charge in [0.1, 0.15) is 5.92 Å². The van der Waals surface area contributed by atoms with Gasteiger partial charge in [-0.3, -0.25) is 14.4 Å². The summed E-state index contributed by atoms with van der Waals surface area (Å²) < 4.78 is 9.55. The highest BCUT2D eigenvalue weighted by atomic mass is 16.5. The van der Waals surface area contributed by atoms with E-state index in [0.717, 1.165) is 5.56 Å². The van der Waals surface area contributed by atoms with Crippen molar-refractivity contribution in [2.45, 2.75) is 18.9 Å². The molecule has 4 atom stereocenters. The largest absolute Gasteiger partial charge is 0.469 e. The second-order valence-corrected chi connectivity index (χ2v) is 6.35. The maximum Gasteiger partial charge on any atom is 0.316 e. The van der Waals surface area contributed by atoms with E-state index in [0.29, 0.717) is 0 Å². The Morgan fingerprint density at radius 3 is 2.32 bits per heavy atom. The first kappa shape index (κ1) is 18.9. The molecule has 0 radical (unpaired) electrons. The number of carbonyl (C=O) groups excluding carboxylic acids is 3. The molecule has 0 aromatic heterocycles. The first-order chi connectivity index (χ1) is 11.8. The summed E-state index contributed by atoms with van der Waals surface area (Å²) in [5, 5.41) is 10.6.